The van der Waals surface area contributed by atoms with E-state index in [1.54, 1.807) is 17.4 Å². The van der Waals surface area contributed by atoms with E-state index in [9.17, 15) is 4.39 Å². The lowest BCUT2D eigenvalue weighted by Gasteiger charge is -2.15. The van der Waals surface area contributed by atoms with Crippen molar-refractivity contribution >= 4 is 37.5 Å². The zero-order chi connectivity index (χ0) is 14.8. The SMILES string of the molecule is NNC(Cc1nc2ccccc2s1)c1ccc(Br)c(F)c1. The van der Waals surface area contributed by atoms with E-state index < -0.39 is 0 Å². The maximum atomic E-state index is 13.7. The fraction of sp³-hybridized carbons (Fsp3) is 0.133. The predicted octanol–water partition coefficient (Wildman–Crippen LogP) is 3.95. The van der Waals surface area contributed by atoms with Crippen molar-refractivity contribution in [2.24, 2.45) is 5.84 Å². The molecule has 0 saturated heterocycles. The molecule has 0 fully saturated rings. The highest BCUT2D eigenvalue weighted by molar-refractivity contribution is 9.10. The lowest BCUT2D eigenvalue weighted by atomic mass is 10.0. The summed E-state index contributed by atoms with van der Waals surface area (Å²) in [5, 5.41) is 0.975. The second-order valence-corrected chi connectivity index (χ2v) is 6.64. The van der Waals surface area contributed by atoms with Gasteiger partial charge in [-0.05, 0) is 45.8 Å². The third-order valence-corrected chi connectivity index (χ3v) is 4.97. The van der Waals surface area contributed by atoms with E-state index in [-0.39, 0.29) is 11.9 Å². The number of fused-ring (bicyclic) bond motifs is 1. The maximum Gasteiger partial charge on any atom is 0.137 e. The molecule has 0 radical (unpaired) electrons. The van der Waals surface area contributed by atoms with Gasteiger partial charge >= 0.3 is 0 Å². The van der Waals surface area contributed by atoms with E-state index in [0.29, 0.717) is 10.9 Å². The van der Waals surface area contributed by atoms with Crippen molar-refractivity contribution in [3.8, 4) is 0 Å². The van der Waals surface area contributed by atoms with Crippen LogP contribution in [0.1, 0.15) is 16.6 Å². The van der Waals surface area contributed by atoms with E-state index >= 15 is 0 Å². The quantitative estimate of drug-likeness (QED) is 0.543. The fourth-order valence-corrected chi connectivity index (χ4v) is 3.44. The minimum Gasteiger partial charge on any atom is -0.271 e. The summed E-state index contributed by atoms with van der Waals surface area (Å²) in [7, 11) is 0. The van der Waals surface area contributed by atoms with Crippen LogP contribution in [0.25, 0.3) is 10.2 Å². The number of hydrazine groups is 1. The fourth-order valence-electron chi connectivity index (χ4n) is 2.18. The summed E-state index contributed by atoms with van der Waals surface area (Å²) in [4.78, 5) is 4.59. The number of nitrogens with one attached hydrogen (secondary N) is 1. The number of para-hydroxylation sites is 1. The number of hydrogen-bond acceptors (Lipinski definition) is 4. The zero-order valence-electron chi connectivity index (χ0n) is 11.0. The Morgan fingerprint density at radius 3 is 2.81 bits per heavy atom. The van der Waals surface area contributed by atoms with E-state index in [1.165, 1.54) is 6.07 Å². The van der Waals surface area contributed by atoms with Crippen LogP contribution in [-0.2, 0) is 6.42 Å². The highest BCUT2D eigenvalue weighted by atomic mass is 79.9. The molecule has 3 rings (SSSR count). The molecule has 0 amide bonds. The van der Waals surface area contributed by atoms with Crippen LogP contribution in [-0.4, -0.2) is 4.98 Å². The van der Waals surface area contributed by atoms with Crippen LogP contribution < -0.4 is 11.3 Å². The molecule has 2 aromatic carbocycles. The molecule has 1 heterocycles. The van der Waals surface area contributed by atoms with Gasteiger partial charge in [-0.15, -0.1) is 11.3 Å². The van der Waals surface area contributed by atoms with Gasteiger partial charge in [0.1, 0.15) is 5.82 Å². The average molecular weight is 366 g/mol. The normalized spacial score (nSPS) is 12.7. The lowest BCUT2D eigenvalue weighted by molar-refractivity contribution is 0.543. The predicted molar refractivity (Wildman–Crippen MR) is 87.5 cm³/mol. The van der Waals surface area contributed by atoms with Gasteiger partial charge in [0.2, 0.25) is 0 Å². The minimum atomic E-state index is -0.294. The Balaban J connectivity index is 1.88. The van der Waals surface area contributed by atoms with Gasteiger partial charge in [-0.25, -0.2) is 9.37 Å². The van der Waals surface area contributed by atoms with Crippen molar-refractivity contribution in [2.45, 2.75) is 12.5 Å². The summed E-state index contributed by atoms with van der Waals surface area (Å²) in [6, 6.07) is 12.8. The zero-order valence-corrected chi connectivity index (χ0v) is 13.4. The number of halogens is 2. The summed E-state index contributed by atoms with van der Waals surface area (Å²) in [6.45, 7) is 0. The summed E-state index contributed by atoms with van der Waals surface area (Å²) in [5.74, 6) is 5.33. The van der Waals surface area contributed by atoms with E-state index in [4.69, 9.17) is 5.84 Å². The minimum absolute atomic E-state index is 0.173. The van der Waals surface area contributed by atoms with Crippen molar-refractivity contribution < 1.29 is 4.39 Å². The van der Waals surface area contributed by atoms with Crippen molar-refractivity contribution in [3.05, 3.63) is 63.3 Å². The van der Waals surface area contributed by atoms with Crippen LogP contribution in [0, 0.1) is 5.82 Å². The second kappa shape index (κ2) is 6.19. The summed E-state index contributed by atoms with van der Waals surface area (Å²) < 4.78 is 15.2. The van der Waals surface area contributed by atoms with Crippen LogP contribution in [0.3, 0.4) is 0 Å². The number of nitrogens with zero attached hydrogens (tertiary/aromatic N) is 1. The highest BCUT2D eigenvalue weighted by Crippen LogP contribution is 2.27. The Morgan fingerprint density at radius 2 is 2.10 bits per heavy atom. The first-order valence-electron chi connectivity index (χ1n) is 6.43. The smallest absolute Gasteiger partial charge is 0.137 e. The van der Waals surface area contributed by atoms with Crippen LogP contribution in [0.15, 0.2) is 46.9 Å². The van der Waals surface area contributed by atoms with E-state index in [0.717, 1.165) is 20.8 Å². The van der Waals surface area contributed by atoms with Crippen LogP contribution >= 0.6 is 27.3 Å². The summed E-state index contributed by atoms with van der Waals surface area (Å²) >= 11 is 4.79. The largest absolute Gasteiger partial charge is 0.271 e. The molecule has 108 valence electrons. The molecule has 3 aromatic rings. The molecule has 0 aliphatic rings. The van der Waals surface area contributed by atoms with Gasteiger partial charge in [-0.2, -0.15) is 0 Å². The standard InChI is InChI=1S/C15H13BrFN3S/c16-10-6-5-9(7-11(10)17)13(20-18)8-15-19-12-3-1-2-4-14(12)21-15/h1-7,13,20H,8,18H2. The van der Waals surface area contributed by atoms with Crippen molar-refractivity contribution in [2.75, 3.05) is 0 Å². The van der Waals surface area contributed by atoms with Crippen LogP contribution in [0.2, 0.25) is 0 Å². The van der Waals surface area contributed by atoms with Gasteiger partial charge in [0.15, 0.2) is 0 Å². The first-order valence-corrected chi connectivity index (χ1v) is 8.04. The first kappa shape index (κ1) is 14.6. The Hall–Kier alpha value is -1.34. The lowest BCUT2D eigenvalue weighted by Crippen LogP contribution is -2.29. The van der Waals surface area contributed by atoms with Gasteiger partial charge in [-0.3, -0.25) is 11.3 Å². The maximum absolute atomic E-state index is 13.7. The molecular formula is C15H13BrFN3S. The molecule has 1 unspecified atom stereocenters. The molecule has 0 saturated carbocycles. The van der Waals surface area contributed by atoms with Crippen LogP contribution in [0.4, 0.5) is 4.39 Å². The number of benzene rings is 2. The molecule has 0 bridgehead atoms. The molecular weight excluding hydrogens is 353 g/mol. The molecule has 3 N–H and O–H groups in total. The van der Waals surface area contributed by atoms with E-state index in [2.05, 4.69) is 26.3 Å². The molecule has 6 heteroatoms. The highest BCUT2D eigenvalue weighted by Gasteiger charge is 2.15. The number of hydrogen-bond donors (Lipinski definition) is 2. The van der Waals surface area contributed by atoms with Gasteiger partial charge in [-0.1, -0.05) is 18.2 Å². The Labute approximate surface area is 134 Å². The van der Waals surface area contributed by atoms with Gasteiger partial charge < -0.3 is 0 Å². The van der Waals surface area contributed by atoms with Gasteiger partial charge in [0.05, 0.1) is 25.7 Å². The van der Waals surface area contributed by atoms with E-state index in [1.807, 2.05) is 30.3 Å². The third-order valence-electron chi connectivity index (χ3n) is 3.26. The topological polar surface area (TPSA) is 50.9 Å². The average Bonchev–Trinajstić information content (AvgIpc) is 2.90. The Kier molecular flexibility index (Phi) is 4.30. The van der Waals surface area contributed by atoms with Crippen molar-refractivity contribution in [1.29, 1.82) is 0 Å². The van der Waals surface area contributed by atoms with Crippen LogP contribution in [0.5, 0.6) is 0 Å². The molecule has 21 heavy (non-hydrogen) atoms. The monoisotopic (exact) mass is 365 g/mol. The number of nitrogens with two attached hydrogens (primary N) is 1. The third kappa shape index (κ3) is 3.13. The second-order valence-electron chi connectivity index (χ2n) is 4.67. The number of rotatable bonds is 4. The molecule has 3 nitrogen and oxygen atoms in total. The molecule has 0 aliphatic carbocycles. The Morgan fingerprint density at radius 1 is 1.29 bits per heavy atom. The number of aromatic nitrogens is 1. The molecule has 0 spiro atoms. The van der Waals surface area contributed by atoms with Crippen molar-refractivity contribution in [3.63, 3.8) is 0 Å². The first-order chi connectivity index (χ1) is 10.2. The van der Waals surface area contributed by atoms with Crippen molar-refractivity contribution in [1.82, 2.24) is 10.4 Å². The van der Waals surface area contributed by atoms with Gasteiger partial charge in [0, 0.05) is 6.42 Å². The molecule has 1 aromatic heterocycles. The summed E-state index contributed by atoms with van der Waals surface area (Å²) in [6.07, 6.45) is 0.622. The molecule has 0 aliphatic heterocycles. The van der Waals surface area contributed by atoms with Gasteiger partial charge in [0.25, 0.3) is 0 Å². The summed E-state index contributed by atoms with van der Waals surface area (Å²) in [5.41, 5.74) is 4.53. The Bertz CT molecular complexity index is 741. The molecule has 1 atom stereocenters. The number of thiazole rings is 1.